The average molecular weight is 134 g/mol. The highest BCUT2D eigenvalue weighted by Gasteiger charge is 2.14. The summed E-state index contributed by atoms with van der Waals surface area (Å²) in [5, 5.41) is 8.70. The minimum Gasteiger partial charge on any atom is -0.395 e. The van der Waals surface area contributed by atoms with Gasteiger partial charge in [0.05, 0.1) is 6.61 Å². The monoisotopic (exact) mass is 134 g/mol. The molecule has 0 aliphatic carbocycles. The molecule has 0 aliphatic heterocycles. The van der Waals surface area contributed by atoms with E-state index in [1.54, 1.807) is 11.8 Å². The lowest BCUT2D eigenvalue weighted by Crippen LogP contribution is -2.19. The maximum atomic E-state index is 8.70. The summed E-state index contributed by atoms with van der Waals surface area (Å²) in [5.41, 5.74) is 0. The van der Waals surface area contributed by atoms with E-state index in [-0.39, 0.29) is 11.4 Å². The lowest BCUT2D eigenvalue weighted by atomic mass is 10.2. The van der Waals surface area contributed by atoms with Crippen molar-refractivity contribution in [1.29, 1.82) is 0 Å². The highest BCUT2D eigenvalue weighted by atomic mass is 32.2. The van der Waals surface area contributed by atoms with Gasteiger partial charge in [0.2, 0.25) is 0 Å². The van der Waals surface area contributed by atoms with E-state index in [2.05, 4.69) is 6.92 Å². The predicted molar refractivity (Wildman–Crippen MR) is 39.3 cm³/mol. The molecule has 0 aromatic rings. The quantitative estimate of drug-likeness (QED) is 0.631. The van der Waals surface area contributed by atoms with E-state index in [9.17, 15) is 0 Å². The summed E-state index contributed by atoms with van der Waals surface area (Å²) in [6.45, 7) is 6.45. The van der Waals surface area contributed by atoms with Crippen LogP contribution in [0.5, 0.6) is 0 Å². The maximum absolute atomic E-state index is 8.70. The molecule has 0 aliphatic rings. The molecule has 0 unspecified atom stereocenters. The first-order chi connectivity index (χ1) is 3.62. The minimum atomic E-state index is 0.0642. The van der Waals surface area contributed by atoms with E-state index in [4.69, 9.17) is 5.11 Å². The predicted octanol–water partition coefficient (Wildman–Crippen LogP) is 1.51. The Morgan fingerprint density at radius 2 is 2.00 bits per heavy atom. The molecule has 0 saturated heterocycles. The molecule has 8 heavy (non-hydrogen) atoms. The first kappa shape index (κ1) is 8.31. The van der Waals surface area contributed by atoms with E-state index in [0.717, 1.165) is 5.75 Å². The lowest BCUT2D eigenvalue weighted by Gasteiger charge is -2.19. The highest BCUT2D eigenvalue weighted by molar-refractivity contribution is 8.00. The Bertz CT molecular complexity index is 61.5. The van der Waals surface area contributed by atoms with Gasteiger partial charge in [-0.15, -0.1) is 0 Å². The van der Waals surface area contributed by atoms with Gasteiger partial charge in [0.15, 0.2) is 0 Å². The van der Waals surface area contributed by atoms with Crippen molar-refractivity contribution in [2.24, 2.45) is 0 Å². The Balaban J connectivity index is 3.37. The Morgan fingerprint density at radius 3 is 2.12 bits per heavy atom. The molecule has 0 atom stereocenters. The SMILES string of the molecule is CCSC(C)(C)CO. The van der Waals surface area contributed by atoms with Crippen molar-refractivity contribution in [3.05, 3.63) is 0 Å². The molecule has 0 bridgehead atoms. The fourth-order valence-corrected chi connectivity index (χ4v) is 1.31. The third-order valence-electron chi connectivity index (χ3n) is 0.916. The molecule has 0 rings (SSSR count). The summed E-state index contributed by atoms with van der Waals surface area (Å²) >= 11 is 1.78. The van der Waals surface area contributed by atoms with E-state index in [0.29, 0.717) is 0 Å². The van der Waals surface area contributed by atoms with Crippen molar-refractivity contribution in [2.75, 3.05) is 12.4 Å². The number of aliphatic hydroxyl groups excluding tert-OH is 1. The van der Waals surface area contributed by atoms with Crippen LogP contribution in [0.4, 0.5) is 0 Å². The van der Waals surface area contributed by atoms with Gasteiger partial charge < -0.3 is 5.11 Å². The molecule has 0 radical (unpaired) electrons. The summed E-state index contributed by atoms with van der Waals surface area (Å²) in [6, 6.07) is 0. The molecule has 0 amide bonds. The highest BCUT2D eigenvalue weighted by Crippen LogP contribution is 2.22. The summed E-state index contributed by atoms with van der Waals surface area (Å²) in [6.07, 6.45) is 0. The van der Waals surface area contributed by atoms with Crippen molar-refractivity contribution in [1.82, 2.24) is 0 Å². The first-order valence-electron chi connectivity index (χ1n) is 2.87. The summed E-state index contributed by atoms with van der Waals surface area (Å²) in [4.78, 5) is 0. The third kappa shape index (κ3) is 3.33. The Morgan fingerprint density at radius 1 is 1.50 bits per heavy atom. The number of aliphatic hydroxyl groups is 1. The van der Waals surface area contributed by atoms with Crippen molar-refractivity contribution in [3.63, 3.8) is 0 Å². The smallest absolute Gasteiger partial charge is 0.0572 e. The number of hydrogen-bond donors (Lipinski definition) is 1. The Kier molecular flexibility index (Phi) is 3.49. The molecule has 0 heterocycles. The van der Waals surface area contributed by atoms with Gasteiger partial charge in [0, 0.05) is 4.75 Å². The molecule has 0 spiro atoms. The molecule has 0 saturated carbocycles. The van der Waals surface area contributed by atoms with E-state index in [1.165, 1.54) is 0 Å². The zero-order valence-corrected chi connectivity index (χ0v) is 6.59. The van der Waals surface area contributed by atoms with Gasteiger partial charge in [-0.25, -0.2) is 0 Å². The van der Waals surface area contributed by atoms with Gasteiger partial charge in [-0.05, 0) is 19.6 Å². The Hall–Kier alpha value is 0.310. The van der Waals surface area contributed by atoms with Gasteiger partial charge in [-0.3, -0.25) is 0 Å². The van der Waals surface area contributed by atoms with E-state index >= 15 is 0 Å². The summed E-state index contributed by atoms with van der Waals surface area (Å²) in [7, 11) is 0. The number of hydrogen-bond acceptors (Lipinski definition) is 2. The second-order valence-electron chi connectivity index (χ2n) is 2.35. The Labute approximate surface area is 55.5 Å². The van der Waals surface area contributed by atoms with Crippen molar-refractivity contribution in [2.45, 2.75) is 25.5 Å². The van der Waals surface area contributed by atoms with Crippen LogP contribution < -0.4 is 0 Å². The summed E-state index contributed by atoms with van der Waals surface area (Å²) < 4.78 is 0.0642. The topological polar surface area (TPSA) is 20.2 Å². The zero-order chi connectivity index (χ0) is 6.62. The van der Waals surface area contributed by atoms with Crippen LogP contribution >= 0.6 is 11.8 Å². The number of thioether (sulfide) groups is 1. The van der Waals surface area contributed by atoms with Gasteiger partial charge in [0.25, 0.3) is 0 Å². The first-order valence-corrected chi connectivity index (χ1v) is 3.86. The molecule has 1 N–H and O–H groups in total. The van der Waals surface area contributed by atoms with Gasteiger partial charge in [-0.1, -0.05) is 6.92 Å². The second-order valence-corrected chi connectivity index (χ2v) is 4.32. The maximum Gasteiger partial charge on any atom is 0.0572 e. The largest absolute Gasteiger partial charge is 0.395 e. The average Bonchev–Trinajstić information content (AvgIpc) is 1.67. The van der Waals surface area contributed by atoms with E-state index in [1.807, 2.05) is 13.8 Å². The molecular weight excluding hydrogens is 120 g/mol. The fourth-order valence-electron chi connectivity index (χ4n) is 0.436. The normalized spacial score (nSPS) is 12.0. The zero-order valence-electron chi connectivity index (χ0n) is 5.77. The molecule has 2 heteroatoms. The van der Waals surface area contributed by atoms with Crippen LogP contribution in [-0.4, -0.2) is 22.2 Å². The van der Waals surface area contributed by atoms with Gasteiger partial charge >= 0.3 is 0 Å². The van der Waals surface area contributed by atoms with Crippen LogP contribution in [-0.2, 0) is 0 Å². The minimum absolute atomic E-state index is 0.0642. The standard InChI is InChI=1S/C6H14OS/c1-4-8-6(2,3)5-7/h7H,4-5H2,1-3H3. The third-order valence-corrected chi connectivity index (χ3v) is 2.12. The van der Waals surface area contributed by atoms with Crippen LogP contribution in [0.25, 0.3) is 0 Å². The van der Waals surface area contributed by atoms with Crippen LogP contribution in [0.1, 0.15) is 20.8 Å². The molecule has 0 fully saturated rings. The van der Waals surface area contributed by atoms with Crippen molar-refractivity contribution < 1.29 is 5.11 Å². The molecule has 50 valence electrons. The van der Waals surface area contributed by atoms with Crippen LogP contribution in [0.15, 0.2) is 0 Å². The lowest BCUT2D eigenvalue weighted by molar-refractivity contribution is 0.265. The van der Waals surface area contributed by atoms with Crippen LogP contribution in [0.2, 0.25) is 0 Å². The summed E-state index contributed by atoms with van der Waals surface area (Å²) in [5.74, 6) is 1.08. The van der Waals surface area contributed by atoms with Crippen LogP contribution in [0, 0.1) is 0 Å². The van der Waals surface area contributed by atoms with E-state index < -0.39 is 0 Å². The molecular formula is C6H14OS. The molecule has 0 aromatic carbocycles. The molecule has 0 aromatic heterocycles. The van der Waals surface area contributed by atoms with Crippen LogP contribution in [0.3, 0.4) is 0 Å². The van der Waals surface area contributed by atoms with Crippen molar-refractivity contribution >= 4 is 11.8 Å². The molecule has 1 nitrogen and oxygen atoms in total. The number of rotatable bonds is 3. The van der Waals surface area contributed by atoms with Gasteiger partial charge in [0.1, 0.15) is 0 Å². The second kappa shape index (κ2) is 3.36. The van der Waals surface area contributed by atoms with Gasteiger partial charge in [-0.2, -0.15) is 11.8 Å². The fraction of sp³-hybridized carbons (Fsp3) is 1.00. The van der Waals surface area contributed by atoms with Crippen molar-refractivity contribution in [3.8, 4) is 0 Å².